The van der Waals surface area contributed by atoms with Crippen LogP contribution < -0.4 is 15.2 Å². The normalized spacial score (nSPS) is 20.9. The van der Waals surface area contributed by atoms with Crippen molar-refractivity contribution in [1.29, 1.82) is 0 Å². The van der Waals surface area contributed by atoms with Crippen LogP contribution in [0.4, 0.5) is 4.39 Å². The van der Waals surface area contributed by atoms with Crippen molar-refractivity contribution in [2.45, 2.75) is 71.5 Å². The predicted molar refractivity (Wildman–Crippen MR) is 110 cm³/mol. The molecule has 0 unspecified atom stereocenters. The van der Waals surface area contributed by atoms with Crippen molar-refractivity contribution in [2.75, 3.05) is 6.61 Å². The van der Waals surface area contributed by atoms with Gasteiger partial charge in [0, 0.05) is 6.07 Å². The van der Waals surface area contributed by atoms with Crippen molar-refractivity contribution in [1.82, 2.24) is 0 Å². The molecular formula is C22H30FNO7. The van der Waals surface area contributed by atoms with E-state index in [1.807, 2.05) is 6.92 Å². The molecule has 2 rings (SSSR count). The highest BCUT2D eigenvalue weighted by molar-refractivity contribution is 5.99. The predicted octanol–water partition coefficient (Wildman–Crippen LogP) is 3.45. The van der Waals surface area contributed by atoms with Gasteiger partial charge in [-0.2, -0.15) is 0 Å². The Kier molecular flexibility index (Phi) is 8.24. The van der Waals surface area contributed by atoms with E-state index in [2.05, 4.69) is 0 Å². The van der Waals surface area contributed by atoms with Crippen LogP contribution in [0.5, 0.6) is 11.5 Å². The van der Waals surface area contributed by atoms with Gasteiger partial charge in [-0.3, -0.25) is 14.4 Å². The van der Waals surface area contributed by atoms with Crippen LogP contribution in [-0.4, -0.2) is 41.8 Å². The van der Waals surface area contributed by atoms with Gasteiger partial charge in [0.1, 0.15) is 5.75 Å². The van der Waals surface area contributed by atoms with Gasteiger partial charge in [0.25, 0.3) is 5.91 Å². The van der Waals surface area contributed by atoms with Crippen molar-refractivity contribution in [2.24, 2.45) is 11.1 Å². The van der Waals surface area contributed by atoms with Gasteiger partial charge in [-0.1, -0.05) is 13.3 Å². The zero-order chi connectivity index (χ0) is 23.2. The molecule has 31 heavy (non-hydrogen) atoms. The first-order chi connectivity index (χ1) is 14.6. The number of rotatable bonds is 10. The number of esters is 1. The number of carbonyl (C=O) groups excluding carboxylic acids is 2. The lowest BCUT2D eigenvalue weighted by Gasteiger charge is -2.35. The van der Waals surface area contributed by atoms with Gasteiger partial charge in [0.05, 0.1) is 24.4 Å². The number of aliphatic carboxylic acids is 1. The number of primary amides is 1. The first kappa shape index (κ1) is 24.4. The van der Waals surface area contributed by atoms with E-state index in [0.717, 1.165) is 12.5 Å². The molecule has 1 aromatic rings. The summed E-state index contributed by atoms with van der Waals surface area (Å²) in [6, 6.07) is 2.23. The summed E-state index contributed by atoms with van der Waals surface area (Å²) in [6.07, 6.45) is 1.11. The van der Waals surface area contributed by atoms with E-state index < -0.39 is 35.2 Å². The van der Waals surface area contributed by atoms with Crippen LogP contribution in [0.15, 0.2) is 12.1 Å². The standard InChI is InChI=1S/C22H30FNO7/c1-4-5-10-29-21(28)22(20(26)27)8-6-14(7-9-22)31-18-11-15(19(24)25)17(12-16(18)23)30-13(2)3/h11-14H,4-10H2,1-3H3,(H2,24,25)(H,26,27)/t14-,22+. The molecule has 172 valence electrons. The molecule has 0 heterocycles. The van der Waals surface area contributed by atoms with Crippen molar-refractivity contribution < 1.29 is 38.1 Å². The Morgan fingerprint density at radius 2 is 1.87 bits per heavy atom. The maximum Gasteiger partial charge on any atom is 0.323 e. The lowest BCUT2D eigenvalue weighted by molar-refractivity contribution is -0.172. The summed E-state index contributed by atoms with van der Waals surface area (Å²) in [5, 5.41) is 9.67. The molecule has 1 aliphatic rings. The fraction of sp³-hybridized carbons (Fsp3) is 0.591. The number of carboxylic acids is 1. The van der Waals surface area contributed by atoms with Crippen LogP contribution in [0.1, 0.15) is 69.7 Å². The second kappa shape index (κ2) is 10.5. The molecule has 9 heteroatoms. The topological polar surface area (TPSA) is 125 Å². The number of carboxylic acid groups (broad SMARTS) is 1. The third-order valence-electron chi connectivity index (χ3n) is 5.27. The average molecular weight is 439 g/mol. The molecule has 0 saturated heterocycles. The Balaban J connectivity index is 2.12. The summed E-state index contributed by atoms with van der Waals surface area (Å²) in [7, 11) is 0. The van der Waals surface area contributed by atoms with Gasteiger partial charge in [-0.25, -0.2) is 4.39 Å². The number of hydrogen-bond donors (Lipinski definition) is 2. The number of carbonyl (C=O) groups is 3. The van der Waals surface area contributed by atoms with Crippen molar-refractivity contribution in [3.05, 3.63) is 23.5 Å². The van der Waals surface area contributed by atoms with Gasteiger partial charge < -0.3 is 25.1 Å². The number of halogens is 1. The van der Waals surface area contributed by atoms with Gasteiger partial charge in [-0.15, -0.1) is 0 Å². The maximum absolute atomic E-state index is 14.6. The molecule has 1 fully saturated rings. The Morgan fingerprint density at radius 1 is 1.23 bits per heavy atom. The van der Waals surface area contributed by atoms with Gasteiger partial charge in [-0.05, 0) is 52.0 Å². The van der Waals surface area contributed by atoms with Crippen LogP contribution in [0, 0.1) is 11.2 Å². The van der Waals surface area contributed by atoms with Gasteiger partial charge >= 0.3 is 11.9 Å². The maximum atomic E-state index is 14.6. The van der Waals surface area contributed by atoms with Crippen LogP contribution in [-0.2, 0) is 14.3 Å². The van der Waals surface area contributed by atoms with E-state index in [4.69, 9.17) is 19.9 Å². The minimum absolute atomic E-state index is 0.0107. The molecular weight excluding hydrogens is 409 g/mol. The first-order valence-electron chi connectivity index (χ1n) is 10.5. The highest BCUT2D eigenvalue weighted by atomic mass is 19.1. The van der Waals surface area contributed by atoms with E-state index in [-0.39, 0.29) is 55.5 Å². The molecule has 0 spiro atoms. The molecule has 0 atom stereocenters. The summed E-state index contributed by atoms with van der Waals surface area (Å²) in [5.41, 5.74) is 3.74. The second-order valence-electron chi connectivity index (χ2n) is 8.00. The summed E-state index contributed by atoms with van der Waals surface area (Å²) in [5.74, 6) is -3.65. The SMILES string of the molecule is CCCCOC(=O)[C@]1(C(=O)O)CC[C@H](Oc2cc(C(N)=O)c(OC(C)C)cc2F)CC1. The number of amides is 1. The number of ether oxygens (including phenoxy) is 3. The quantitative estimate of drug-likeness (QED) is 0.325. The number of hydrogen-bond acceptors (Lipinski definition) is 6. The highest BCUT2D eigenvalue weighted by Crippen LogP contribution is 2.40. The Hall–Kier alpha value is -2.84. The fourth-order valence-corrected chi connectivity index (χ4v) is 3.50. The smallest absolute Gasteiger partial charge is 0.323 e. The molecule has 0 aliphatic heterocycles. The van der Waals surface area contributed by atoms with E-state index in [9.17, 15) is 23.9 Å². The van der Waals surface area contributed by atoms with E-state index >= 15 is 0 Å². The van der Waals surface area contributed by atoms with Crippen molar-refractivity contribution >= 4 is 17.8 Å². The molecule has 8 nitrogen and oxygen atoms in total. The number of nitrogens with two attached hydrogens (primary N) is 1. The lowest BCUT2D eigenvalue weighted by Crippen LogP contribution is -2.45. The third-order valence-corrected chi connectivity index (χ3v) is 5.27. The largest absolute Gasteiger partial charge is 0.490 e. The molecule has 0 bridgehead atoms. The van der Waals surface area contributed by atoms with E-state index in [1.54, 1.807) is 13.8 Å². The van der Waals surface area contributed by atoms with E-state index in [1.165, 1.54) is 6.07 Å². The molecule has 1 amide bonds. The monoisotopic (exact) mass is 439 g/mol. The molecule has 0 aromatic heterocycles. The fourth-order valence-electron chi connectivity index (χ4n) is 3.50. The molecule has 1 aliphatic carbocycles. The lowest BCUT2D eigenvalue weighted by atomic mass is 9.73. The summed E-state index contributed by atoms with van der Waals surface area (Å²) in [6.45, 7) is 5.58. The van der Waals surface area contributed by atoms with Crippen LogP contribution in [0.2, 0.25) is 0 Å². The third kappa shape index (κ3) is 5.86. The first-order valence-corrected chi connectivity index (χ1v) is 10.5. The zero-order valence-electron chi connectivity index (χ0n) is 18.1. The van der Waals surface area contributed by atoms with Crippen LogP contribution in [0.25, 0.3) is 0 Å². The summed E-state index contributed by atoms with van der Waals surface area (Å²) in [4.78, 5) is 36.0. The van der Waals surface area contributed by atoms with E-state index in [0.29, 0.717) is 6.42 Å². The summed E-state index contributed by atoms with van der Waals surface area (Å²) < 4.78 is 30.9. The minimum Gasteiger partial charge on any atom is -0.490 e. The average Bonchev–Trinajstić information content (AvgIpc) is 2.69. The number of unbranched alkanes of at least 4 members (excludes halogenated alkanes) is 1. The van der Waals surface area contributed by atoms with Crippen molar-refractivity contribution in [3.8, 4) is 11.5 Å². The molecule has 3 N–H and O–H groups in total. The van der Waals surface area contributed by atoms with Gasteiger partial charge in [0.2, 0.25) is 0 Å². The second-order valence-corrected chi connectivity index (χ2v) is 8.00. The zero-order valence-corrected chi connectivity index (χ0v) is 18.1. The summed E-state index contributed by atoms with van der Waals surface area (Å²) >= 11 is 0. The minimum atomic E-state index is -1.63. The molecule has 0 radical (unpaired) electrons. The Morgan fingerprint density at radius 3 is 2.39 bits per heavy atom. The van der Waals surface area contributed by atoms with Crippen molar-refractivity contribution in [3.63, 3.8) is 0 Å². The van der Waals surface area contributed by atoms with Gasteiger partial charge in [0.15, 0.2) is 17.0 Å². The molecule has 1 saturated carbocycles. The Bertz CT molecular complexity index is 816. The highest BCUT2D eigenvalue weighted by Gasteiger charge is 2.50. The molecule has 1 aromatic carbocycles. The Labute approximate surface area is 180 Å². The van der Waals surface area contributed by atoms with Crippen LogP contribution >= 0.6 is 0 Å². The van der Waals surface area contributed by atoms with Crippen LogP contribution in [0.3, 0.4) is 0 Å². The number of benzene rings is 1.